The Kier molecular flexibility index (Phi) is 9.53. The fourth-order valence-electron chi connectivity index (χ4n) is 5.94. The summed E-state index contributed by atoms with van der Waals surface area (Å²) >= 11 is 0. The standard InChI is InChI=1S/C31H27F9N2O5S/c32-22-8-10-23(11-9-22)48(44,45)28(12-13-42(19-28)27(43)41-14-16-46-17-15-41)20-4-6-21(7-5-20)29(30(35,36)37,31(38,39)40)47-18-24-25(33)2-1-3-26(24)34/h1-11H,12-19H2. The van der Waals surface area contributed by atoms with Crippen LogP contribution in [0.4, 0.5) is 44.3 Å². The number of sulfone groups is 1. The van der Waals surface area contributed by atoms with E-state index in [9.17, 15) is 52.7 Å². The van der Waals surface area contributed by atoms with Gasteiger partial charge in [-0.25, -0.2) is 26.4 Å². The largest absolute Gasteiger partial charge is 0.430 e. The topological polar surface area (TPSA) is 76.2 Å². The Labute approximate surface area is 268 Å². The van der Waals surface area contributed by atoms with Gasteiger partial charge in [0.15, 0.2) is 9.84 Å². The van der Waals surface area contributed by atoms with Gasteiger partial charge >= 0.3 is 18.4 Å². The molecular weight excluding hydrogens is 683 g/mol. The Morgan fingerprint density at radius 2 is 1.35 bits per heavy atom. The third kappa shape index (κ3) is 6.11. The molecule has 1 unspecified atom stereocenters. The van der Waals surface area contributed by atoms with Gasteiger partial charge < -0.3 is 19.3 Å². The first-order chi connectivity index (χ1) is 22.4. The number of benzene rings is 3. The number of carbonyl (C=O) groups is 1. The number of carbonyl (C=O) groups excluding carboxylic acids is 1. The molecule has 48 heavy (non-hydrogen) atoms. The number of halogens is 9. The summed E-state index contributed by atoms with van der Waals surface area (Å²) in [5.41, 5.74) is -8.07. The zero-order chi connectivity index (χ0) is 35.1. The maximum absolute atomic E-state index is 14.5. The minimum atomic E-state index is -6.22. The molecule has 0 N–H and O–H groups in total. The first-order valence-electron chi connectivity index (χ1n) is 14.4. The number of nitrogens with zero attached hydrogens (tertiary/aromatic N) is 2. The van der Waals surface area contributed by atoms with Gasteiger partial charge in [0.25, 0.3) is 5.60 Å². The summed E-state index contributed by atoms with van der Waals surface area (Å²) in [5, 5.41) is 0. The highest BCUT2D eigenvalue weighted by Gasteiger charge is 2.73. The van der Waals surface area contributed by atoms with Crippen LogP contribution in [0.15, 0.2) is 71.6 Å². The molecule has 0 aliphatic carbocycles. The number of amides is 2. The van der Waals surface area contributed by atoms with Crippen molar-refractivity contribution in [3.63, 3.8) is 0 Å². The van der Waals surface area contributed by atoms with E-state index in [0.29, 0.717) is 24.3 Å². The molecule has 1 atom stereocenters. The first kappa shape index (κ1) is 35.5. The summed E-state index contributed by atoms with van der Waals surface area (Å²) in [6, 6.07) is 7.49. The van der Waals surface area contributed by atoms with Crippen LogP contribution in [0.3, 0.4) is 0 Å². The molecule has 3 aromatic rings. The van der Waals surface area contributed by atoms with Crippen molar-refractivity contribution in [2.75, 3.05) is 39.4 Å². The number of urea groups is 1. The van der Waals surface area contributed by atoms with Gasteiger partial charge in [0, 0.05) is 37.3 Å². The van der Waals surface area contributed by atoms with Crippen LogP contribution >= 0.6 is 0 Å². The molecule has 2 fully saturated rings. The van der Waals surface area contributed by atoms with E-state index in [1.165, 1.54) is 9.80 Å². The van der Waals surface area contributed by atoms with Gasteiger partial charge in [0.05, 0.1) is 24.7 Å². The number of morpholine rings is 1. The predicted octanol–water partition coefficient (Wildman–Crippen LogP) is 6.47. The van der Waals surface area contributed by atoms with Gasteiger partial charge in [-0.15, -0.1) is 0 Å². The summed E-state index contributed by atoms with van der Waals surface area (Å²) in [6.07, 6.45) is -12.8. The van der Waals surface area contributed by atoms with Gasteiger partial charge in [-0.2, -0.15) is 26.3 Å². The Morgan fingerprint density at radius 3 is 1.90 bits per heavy atom. The summed E-state index contributed by atoms with van der Waals surface area (Å²) in [4.78, 5) is 15.5. The van der Waals surface area contributed by atoms with Crippen molar-refractivity contribution in [1.29, 1.82) is 0 Å². The lowest BCUT2D eigenvalue weighted by Crippen LogP contribution is -2.56. The summed E-state index contributed by atoms with van der Waals surface area (Å²) in [5.74, 6) is -3.64. The van der Waals surface area contributed by atoms with Gasteiger partial charge in [-0.05, 0) is 48.4 Å². The van der Waals surface area contributed by atoms with Crippen LogP contribution < -0.4 is 0 Å². The van der Waals surface area contributed by atoms with Crippen LogP contribution in [0.2, 0.25) is 0 Å². The number of ether oxygens (including phenoxy) is 2. The minimum absolute atomic E-state index is 0.148. The fourth-order valence-corrected chi connectivity index (χ4v) is 8.02. The number of hydrogen-bond donors (Lipinski definition) is 0. The maximum Gasteiger partial charge on any atom is 0.430 e. The highest BCUT2D eigenvalue weighted by atomic mass is 32.2. The van der Waals surface area contributed by atoms with Crippen molar-refractivity contribution < 1.29 is 62.2 Å². The molecule has 0 saturated carbocycles. The van der Waals surface area contributed by atoms with Crippen LogP contribution in [0.25, 0.3) is 0 Å². The van der Waals surface area contributed by atoms with Crippen molar-refractivity contribution in [2.24, 2.45) is 0 Å². The summed E-state index contributed by atoms with van der Waals surface area (Å²) < 4.78 is 165. The second-order valence-corrected chi connectivity index (χ2v) is 13.5. The van der Waals surface area contributed by atoms with E-state index < -0.39 is 85.2 Å². The minimum Gasteiger partial charge on any atom is -0.378 e. The van der Waals surface area contributed by atoms with E-state index in [1.54, 1.807) is 0 Å². The molecule has 2 saturated heterocycles. The zero-order valence-electron chi connectivity index (χ0n) is 24.8. The molecule has 2 amide bonds. The number of alkyl halides is 6. The second-order valence-electron chi connectivity index (χ2n) is 11.2. The zero-order valence-corrected chi connectivity index (χ0v) is 25.6. The average molecular weight is 711 g/mol. The van der Waals surface area contributed by atoms with E-state index in [4.69, 9.17) is 4.74 Å². The van der Waals surface area contributed by atoms with E-state index >= 15 is 0 Å². The molecule has 2 heterocycles. The Balaban J connectivity index is 1.59. The third-order valence-corrected chi connectivity index (χ3v) is 11.0. The van der Waals surface area contributed by atoms with Crippen molar-refractivity contribution in [1.82, 2.24) is 9.80 Å². The lowest BCUT2D eigenvalue weighted by atomic mass is 9.88. The van der Waals surface area contributed by atoms with Gasteiger partial charge in [0.2, 0.25) is 0 Å². The second kappa shape index (κ2) is 12.9. The van der Waals surface area contributed by atoms with Crippen molar-refractivity contribution in [3.05, 3.63) is 101 Å². The normalized spacial score (nSPS) is 19.5. The van der Waals surface area contributed by atoms with Crippen LogP contribution in [-0.4, -0.2) is 76.0 Å². The van der Waals surface area contributed by atoms with Crippen molar-refractivity contribution in [3.8, 4) is 0 Å². The highest BCUT2D eigenvalue weighted by molar-refractivity contribution is 7.92. The molecule has 3 aromatic carbocycles. The van der Waals surface area contributed by atoms with Crippen LogP contribution in [0, 0.1) is 17.5 Å². The van der Waals surface area contributed by atoms with E-state index in [1.807, 2.05) is 0 Å². The van der Waals surface area contributed by atoms with Crippen LogP contribution in [0.1, 0.15) is 23.1 Å². The molecule has 260 valence electrons. The summed E-state index contributed by atoms with van der Waals surface area (Å²) in [6.45, 7) is -1.58. The van der Waals surface area contributed by atoms with Crippen LogP contribution in [0.5, 0.6) is 0 Å². The lowest BCUT2D eigenvalue weighted by Gasteiger charge is -2.38. The van der Waals surface area contributed by atoms with E-state index in [-0.39, 0.29) is 44.8 Å². The quantitative estimate of drug-likeness (QED) is 0.208. The first-order valence-corrected chi connectivity index (χ1v) is 15.9. The predicted molar refractivity (Wildman–Crippen MR) is 151 cm³/mol. The van der Waals surface area contributed by atoms with E-state index in [2.05, 4.69) is 4.74 Å². The molecule has 0 aromatic heterocycles. The molecule has 2 aliphatic rings. The van der Waals surface area contributed by atoms with Crippen molar-refractivity contribution in [2.45, 2.75) is 40.6 Å². The molecule has 0 bridgehead atoms. The summed E-state index contributed by atoms with van der Waals surface area (Å²) in [7, 11) is -4.59. The Hall–Kier alpha value is -3.83. The Morgan fingerprint density at radius 1 is 0.792 bits per heavy atom. The van der Waals surface area contributed by atoms with Crippen LogP contribution in [-0.2, 0) is 36.3 Å². The average Bonchev–Trinajstić information content (AvgIpc) is 3.49. The maximum atomic E-state index is 14.5. The monoisotopic (exact) mass is 710 g/mol. The smallest absolute Gasteiger partial charge is 0.378 e. The van der Waals surface area contributed by atoms with E-state index in [0.717, 1.165) is 42.5 Å². The molecule has 0 radical (unpaired) electrons. The number of likely N-dealkylation sites (tertiary alicyclic amines) is 1. The SMILES string of the molecule is O=C(N1CCOCC1)N1CCC(c2ccc(C(OCc3c(F)cccc3F)(C(F)(F)F)C(F)(F)F)cc2)(S(=O)(=O)c2ccc(F)cc2)C1. The highest BCUT2D eigenvalue weighted by Crippen LogP contribution is 2.54. The lowest BCUT2D eigenvalue weighted by molar-refractivity contribution is -0.392. The number of hydrogen-bond acceptors (Lipinski definition) is 5. The Bertz CT molecular complexity index is 1710. The number of rotatable bonds is 7. The van der Waals surface area contributed by atoms with Gasteiger partial charge in [0.1, 0.15) is 22.2 Å². The molecule has 0 spiro atoms. The van der Waals surface area contributed by atoms with Gasteiger partial charge in [-0.3, -0.25) is 0 Å². The molecule has 5 rings (SSSR count). The van der Waals surface area contributed by atoms with Crippen molar-refractivity contribution >= 4 is 15.9 Å². The molecule has 17 heteroatoms. The molecular formula is C31H27F9N2O5S. The molecule has 2 aliphatic heterocycles. The third-order valence-electron chi connectivity index (χ3n) is 8.53. The van der Waals surface area contributed by atoms with Gasteiger partial charge in [-0.1, -0.05) is 30.3 Å². The molecule has 7 nitrogen and oxygen atoms in total. The fraction of sp³-hybridized carbons (Fsp3) is 0.387.